The molecule has 2 amide bonds. The normalized spacial score (nSPS) is 10.7. The minimum Gasteiger partial charge on any atom is -0.382 e. The van der Waals surface area contributed by atoms with E-state index in [-0.39, 0.29) is 11.6 Å². The van der Waals surface area contributed by atoms with Crippen LogP contribution in [-0.2, 0) is 0 Å². The molecule has 0 bridgehead atoms. The molecule has 10 heteroatoms. The average molecular weight is 397 g/mol. The molecule has 3 heterocycles. The van der Waals surface area contributed by atoms with Crippen LogP contribution in [0.15, 0.2) is 54.9 Å². The summed E-state index contributed by atoms with van der Waals surface area (Å²) in [6.45, 7) is 1.46. The number of urea groups is 1. The van der Waals surface area contributed by atoms with Crippen molar-refractivity contribution in [2.45, 2.75) is 6.92 Å². The Morgan fingerprint density at radius 2 is 1.87 bits per heavy atom. The number of Topliss-reactive ketones (excluding diaryl/α,β-unsaturated/α-hetero) is 1. The van der Waals surface area contributed by atoms with Crippen LogP contribution in [0.2, 0.25) is 0 Å². The number of carbonyl (C=O) groups is 2. The number of fused-ring (bicyclic) bond motifs is 1. The van der Waals surface area contributed by atoms with Gasteiger partial charge < -0.3 is 11.1 Å². The molecule has 2 radical (unpaired) electrons. The standard InChI is InChI=1S/C20H16BN7O2/c1-11(29)15-9-14(18-19(22)23-10-24-28(15)18)12-5-7-13(8-6-12)25-20(30)27-17-4-2-3-16(21)26-17/h2-10H,1H3,(H2,22,23,24)(H2,25,26,27,30). The fraction of sp³-hybridized carbons (Fsp3) is 0.0500. The van der Waals surface area contributed by atoms with Crippen LogP contribution in [0.4, 0.5) is 22.1 Å². The van der Waals surface area contributed by atoms with Gasteiger partial charge in [0.05, 0.1) is 0 Å². The number of hydrogen-bond acceptors (Lipinski definition) is 6. The highest BCUT2D eigenvalue weighted by atomic mass is 16.2. The van der Waals surface area contributed by atoms with Gasteiger partial charge in [-0.25, -0.2) is 19.3 Å². The maximum Gasteiger partial charge on any atom is 0.324 e. The van der Waals surface area contributed by atoms with Crippen LogP contribution in [0.5, 0.6) is 0 Å². The van der Waals surface area contributed by atoms with E-state index in [1.54, 1.807) is 48.5 Å². The van der Waals surface area contributed by atoms with Crippen molar-refractivity contribution in [2.75, 3.05) is 16.4 Å². The molecular formula is C20H16BN7O2. The van der Waals surface area contributed by atoms with Crippen LogP contribution in [0.1, 0.15) is 17.4 Å². The monoisotopic (exact) mass is 397 g/mol. The number of nitrogens with two attached hydrogens (primary N) is 1. The smallest absolute Gasteiger partial charge is 0.324 e. The Kier molecular flexibility index (Phi) is 4.89. The minimum atomic E-state index is -0.452. The molecule has 3 aromatic heterocycles. The molecule has 9 nitrogen and oxygen atoms in total. The van der Waals surface area contributed by atoms with E-state index in [9.17, 15) is 9.59 Å². The van der Waals surface area contributed by atoms with Gasteiger partial charge >= 0.3 is 6.03 Å². The Hall–Kier alpha value is -4.21. The molecule has 30 heavy (non-hydrogen) atoms. The summed E-state index contributed by atoms with van der Waals surface area (Å²) in [4.78, 5) is 32.2. The first-order chi connectivity index (χ1) is 14.4. The zero-order valence-electron chi connectivity index (χ0n) is 16.0. The molecule has 4 rings (SSSR count). The first kappa shape index (κ1) is 19.1. The van der Waals surface area contributed by atoms with Crippen LogP contribution in [0, 0.1) is 0 Å². The summed E-state index contributed by atoms with van der Waals surface area (Å²) in [5.74, 6) is 0.472. The largest absolute Gasteiger partial charge is 0.382 e. The number of anilines is 3. The summed E-state index contributed by atoms with van der Waals surface area (Å²) in [7, 11) is 5.61. The molecule has 0 aliphatic heterocycles. The second kappa shape index (κ2) is 7.67. The van der Waals surface area contributed by atoms with E-state index in [0.717, 1.165) is 11.1 Å². The minimum absolute atomic E-state index is 0.139. The molecule has 146 valence electrons. The van der Waals surface area contributed by atoms with Crippen molar-refractivity contribution < 1.29 is 9.59 Å². The third-order valence-electron chi connectivity index (χ3n) is 4.41. The van der Waals surface area contributed by atoms with Gasteiger partial charge in [-0.15, -0.1) is 0 Å². The van der Waals surface area contributed by atoms with Gasteiger partial charge in [0, 0.05) is 18.2 Å². The summed E-state index contributed by atoms with van der Waals surface area (Å²) < 4.78 is 1.48. The van der Waals surface area contributed by atoms with E-state index in [1.807, 2.05) is 0 Å². The number of pyridine rings is 1. The second-order valence-corrected chi connectivity index (χ2v) is 6.51. The summed E-state index contributed by atoms with van der Waals surface area (Å²) in [5.41, 5.74) is 9.38. The number of aromatic nitrogens is 4. The predicted octanol–water partition coefficient (Wildman–Crippen LogP) is 2.01. The molecule has 4 N–H and O–H groups in total. The lowest BCUT2D eigenvalue weighted by Gasteiger charge is -2.08. The van der Waals surface area contributed by atoms with E-state index in [0.29, 0.717) is 28.3 Å². The number of rotatable bonds is 4. The van der Waals surface area contributed by atoms with E-state index >= 15 is 0 Å². The van der Waals surface area contributed by atoms with Crippen LogP contribution in [0.3, 0.4) is 0 Å². The number of nitrogen functional groups attached to an aromatic ring is 1. The van der Waals surface area contributed by atoms with Crippen molar-refractivity contribution in [1.82, 2.24) is 19.6 Å². The molecule has 0 atom stereocenters. The predicted molar refractivity (Wildman–Crippen MR) is 115 cm³/mol. The van der Waals surface area contributed by atoms with Gasteiger partial charge in [0.25, 0.3) is 0 Å². The molecule has 0 unspecified atom stereocenters. The Bertz CT molecular complexity index is 1270. The summed E-state index contributed by atoms with van der Waals surface area (Å²) in [6.07, 6.45) is 1.30. The number of hydrogen-bond donors (Lipinski definition) is 3. The van der Waals surface area contributed by atoms with Gasteiger partial charge in [-0.05, 0) is 35.4 Å². The Morgan fingerprint density at radius 1 is 1.10 bits per heavy atom. The number of ketones is 1. The first-order valence-corrected chi connectivity index (χ1v) is 8.96. The SMILES string of the molecule is [B]c1cccc(NC(=O)Nc2ccc(-c3cc(C(C)=O)n4ncnc(N)c34)cc2)n1. The highest BCUT2D eigenvalue weighted by molar-refractivity contribution is 6.30. The Balaban J connectivity index is 1.58. The fourth-order valence-electron chi connectivity index (χ4n) is 3.07. The number of carbonyl (C=O) groups excluding carboxylic acids is 2. The molecule has 4 aromatic rings. The van der Waals surface area contributed by atoms with Crippen molar-refractivity contribution in [3.63, 3.8) is 0 Å². The molecule has 0 fully saturated rings. The third-order valence-corrected chi connectivity index (χ3v) is 4.41. The van der Waals surface area contributed by atoms with Crippen molar-refractivity contribution in [3.05, 3.63) is 60.6 Å². The zero-order chi connectivity index (χ0) is 21.3. The molecule has 0 aliphatic carbocycles. The van der Waals surface area contributed by atoms with Gasteiger partial charge in [0.15, 0.2) is 11.6 Å². The molecule has 0 saturated carbocycles. The van der Waals surface area contributed by atoms with E-state index in [4.69, 9.17) is 13.6 Å². The lowest BCUT2D eigenvalue weighted by Crippen LogP contribution is -2.21. The van der Waals surface area contributed by atoms with Crippen LogP contribution in [-0.4, -0.2) is 39.2 Å². The third kappa shape index (κ3) is 3.70. The Morgan fingerprint density at radius 3 is 2.57 bits per heavy atom. The van der Waals surface area contributed by atoms with Gasteiger partial charge in [-0.2, -0.15) is 5.10 Å². The Labute approximate surface area is 172 Å². The van der Waals surface area contributed by atoms with Crippen molar-refractivity contribution in [3.8, 4) is 11.1 Å². The van der Waals surface area contributed by atoms with E-state index < -0.39 is 6.03 Å². The highest BCUT2D eigenvalue weighted by Gasteiger charge is 2.17. The van der Waals surface area contributed by atoms with Gasteiger partial charge in [0.1, 0.15) is 31.2 Å². The maximum absolute atomic E-state index is 12.2. The first-order valence-electron chi connectivity index (χ1n) is 8.96. The molecular weight excluding hydrogens is 381 g/mol. The molecule has 1 aromatic carbocycles. The summed E-state index contributed by atoms with van der Waals surface area (Å²) in [5, 5.41) is 9.47. The second-order valence-electron chi connectivity index (χ2n) is 6.51. The summed E-state index contributed by atoms with van der Waals surface area (Å²) >= 11 is 0. The van der Waals surface area contributed by atoms with Crippen molar-refractivity contribution in [1.29, 1.82) is 0 Å². The summed E-state index contributed by atoms with van der Waals surface area (Å²) in [6, 6.07) is 13.3. The van der Waals surface area contributed by atoms with Gasteiger partial charge in [0.2, 0.25) is 0 Å². The topological polar surface area (TPSA) is 127 Å². The van der Waals surface area contributed by atoms with E-state index in [2.05, 4.69) is 25.7 Å². The zero-order valence-corrected chi connectivity index (χ0v) is 16.0. The van der Waals surface area contributed by atoms with Gasteiger partial charge in [-0.3, -0.25) is 10.1 Å². The van der Waals surface area contributed by atoms with Crippen LogP contribution >= 0.6 is 0 Å². The number of benzene rings is 1. The van der Waals surface area contributed by atoms with Crippen molar-refractivity contribution >= 4 is 48.1 Å². The van der Waals surface area contributed by atoms with Crippen LogP contribution in [0.25, 0.3) is 16.6 Å². The lowest BCUT2D eigenvalue weighted by molar-refractivity contribution is 0.101. The lowest BCUT2D eigenvalue weighted by atomic mass is 10.0. The molecule has 0 spiro atoms. The number of amides is 2. The molecule has 0 saturated heterocycles. The van der Waals surface area contributed by atoms with Gasteiger partial charge in [-0.1, -0.05) is 24.3 Å². The van der Waals surface area contributed by atoms with E-state index in [1.165, 1.54) is 17.8 Å². The fourth-order valence-corrected chi connectivity index (χ4v) is 3.07. The number of nitrogens with one attached hydrogen (secondary N) is 2. The maximum atomic E-state index is 12.2. The number of nitrogens with zero attached hydrogens (tertiary/aromatic N) is 4. The van der Waals surface area contributed by atoms with Crippen LogP contribution < -0.4 is 22.0 Å². The highest BCUT2D eigenvalue weighted by Crippen LogP contribution is 2.31. The molecule has 0 aliphatic rings. The van der Waals surface area contributed by atoms with Crippen molar-refractivity contribution in [2.24, 2.45) is 0 Å². The average Bonchev–Trinajstić information content (AvgIpc) is 3.10. The quantitative estimate of drug-likeness (QED) is 0.357.